The molecule has 0 aliphatic heterocycles. The van der Waals surface area contributed by atoms with E-state index in [-0.39, 0.29) is 5.41 Å². The van der Waals surface area contributed by atoms with E-state index in [0.717, 1.165) is 31.2 Å². The van der Waals surface area contributed by atoms with Crippen LogP contribution in [0.1, 0.15) is 64.5 Å². The van der Waals surface area contributed by atoms with Crippen molar-refractivity contribution in [2.45, 2.75) is 65.4 Å². The Hall–Kier alpha value is -0.820. The van der Waals surface area contributed by atoms with Crippen LogP contribution in [-0.4, -0.2) is 5.11 Å². The summed E-state index contributed by atoms with van der Waals surface area (Å²) in [5.74, 6) is 0.348. The Balaban J connectivity index is 2.36. The summed E-state index contributed by atoms with van der Waals surface area (Å²) in [5, 5.41) is 11.3. The quantitative estimate of drug-likeness (QED) is 0.819. The minimum Gasteiger partial charge on any atom is -0.385 e. The summed E-state index contributed by atoms with van der Waals surface area (Å²) in [6, 6.07) is 8.62. The lowest BCUT2D eigenvalue weighted by Gasteiger charge is -2.47. The molecule has 0 spiro atoms. The maximum Gasteiger partial charge on any atom is 0.0929 e. The lowest BCUT2D eigenvalue weighted by molar-refractivity contribution is -0.0959. The molecule has 1 saturated carbocycles. The molecule has 1 aromatic rings. The van der Waals surface area contributed by atoms with Crippen molar-refractivity contribution in [3.8, 4) is 0 Å². The first-order valence-corrected chi connectivity index (χ1v) is 7.69. The van der Waals surface area contributed by atoms with Crippen LogP contribution in [0.25, 0.3) is 0 Å². The van der Waals surface area contributed by atoms with E-state index in [1.54, 1.807) is 0 Å². The van der Waals surface area contributed by atoms with Crippen LogP contribution in [0.3, 0.4) is 0 Å². The summed E-state index contributed by atoms with van der Waals surface area (Å²) in [5.41, 5.74) is 1.97. The lowest BCUT2D eigenvalue weighted by Crippen LogP contribution is -2.44. The molecule has 1 nitrogen and oxygen atoms in total. The minimum absolute atomic E-state index is 0.151. The predicted octanol–water partition coefficient (Wildman–Crippen LogP) is 4.67. The van der Waals surface area contributed by atoms with Crippen LogP contribution in [0, 0.1) is 11.3 Å². The van der Waals surface area contributed by atoms with Gasteiger partial charge < -0.3 is 5.11 Å². The van der Waals surface area contributed by atoms with Gasteiger partial charge in [0.15, 0.2) is 0 Å². The van der Waals surface area contributed by atoms with Crippen LogP contribution in [0.15, 0.2) is 24.3 Å². The van der Waals surface area contributed by atoms with Gasteiger partial charge in [-0.3, -0.25) is 0 Å². The van der Waals surface area contributed by atoms with Crippen molar-refractivity contribution in [2.24, 2.45) is 11.3 Å². The van der Waals surface area contributed by atoms with E-state index in [0.29, 0.717) is 5.92 Å². The van der Waals surface area contributed by atoms with Crippen molar-refractivity contribution >= 4 is 0 Å². The number of aliphatic hydroxyl groups is 1. The van der Waals surface area contributed by atoms with Gasteiger partial charge in [-0.25, -0.2) is 0 Å². The Bertz CT molecular complexity index is 412. The Morgan fingerprint density at radius 2 is 1.79 bits per heavy atom. The third-order valence-corrected chi connectivity index (χ3v) is 4.78. The molecular weight excluding hydrogens is 232 g/mol. The Kier molecular flexibility index (Phi) is 4.06. The average Bonchev–Trinajstić information content (AvgIpc) is 2.38. The van der Waals surface area contributed by atoms with Crippen molar-refractivity contribution < 1.29 is 5.11 Å². The van der Waals surface area contributed by atoms with Crippen LogP contribution < -0.4 is 0 Å². The van der Waals surface area contributed by atoms with Crippen LogP contribution in [0.2, 0.25) is 0 Å². The van der Waals surface area contributed by atoms with E-state index in [9.17, 15) is 5.11 Å². The largest absolute Gasteiger partial charge is 0.385 e. The highest BCUT2D eigenvalue weighted by atomic mass is 16.3. The molecule has 1 N–H and O–H groups in total. The molecule has 2 rings (SSSR count). The van der Waals surface area contributed by atoms with Gasteiger partial charge in [0.05, 0.1) is 5.60 Å². The number of hydrogen-bond acceptors (Lipinski definition) is 1. The maximum absolute atomic E-state index is 11.3. The van der Waals surface area contributed by atoms with Crippen molar-refractivity contribution in [3.05, 3.63) is 35.4 Å². The molecule has 0 heterocycles. The van der Waals surface area contributed by atoms with Crippen molar-refractivity contribution in [3.63, 3.8) is 0 Å². The molecule has 2 unspecified atom stereocenters. The molecule has 1 aliphatic rings. The number of benzene rings is 1. The minimum atomic E-state index is -0.636. The van der Waals surface area contributed by atoms with Gasteiger partial charge in [0.1, 0.15) is 0 Å². The summed E-state index contributed by atoms with van der Waals surface area (Å²) < 4.78 is 0. The second-order valence-electron chi connectivity index (χ2n) is 7.14. The summed E-state index contributed by atoms with van der Waals surface area (Å²) >= 11 is 0. The third-order valence-electron chi connectivity index (χ3n) is 4.78. The highest BCUT2D eigenvalue weighted by Crippen LogP contribution is 2.49. The van der Waals surface area contributed by atoms with E-state index >= 15 is 0 Å². The van der Waals surface area contributed by atoms with Gasteiger partial charge in [-0.05, 0) is 41.7 Å². The van der Waals surface area contributed by atoms with E-state index in [1.807, 2.05) is 0 Å². The molecule has 0 radical (unpaired) electrons. The zero-order chi connectivity index (χ0) is 14.1. The second-order valence-corrected chi connectivity index (χ2v) is 7.14. The van der Waals surface area contributed by atoms with E-state index in [4.69, 9.17) is 0 Å². The molecular formula is C18H28O. The molecule has 2 atom stereocenters. The van der Waals surface area contributed by atoms with Gasteiger partial charge >= 0.3 is 0 Å². The van der Waals surface area contributed by atoms with E-state index in [1.165, 1.54) is 12.0 Å². The first-order chi connectivity index (χ1) is 8.88. The maximum atomic E-state index is 11.3. The van der Waals surface area contributed by atoms with Crippen molar-refractivity contribution in [1.82, 2.24) is 0 Å². The molecule has 1 heteroatoms. The van der Waals surface area contributed by atoms with Gasteiger partial charge in [0.2, 0.25) is 0 Å². The smallest absolute Gasteiger partial charge is 0.0929 e. The number of rotatable bonds is 2. The van der Waals surface area contributed by atoms with Gasteiger partial charge in [-0.1, -0.05) is 64.8 Å². The summed E-state index contributed by atoms with van der Waals surface area (Å²) in [4.78, 5) is 0. The first-order valence-electron chi connectivity index (χ1n) is 7.69. The Morgan fingerprint density at radius 1 is 1.16 bits per heavy atom. The lowest BCUT2D eigenvalue weighted by atomic mass is 9.61. The Morgan fingerprint density at radius 3 is 2.32 bits per heavy atom. The van der Waals surface area contributed by atoms with Gasteiger partial charge in [0.25, 0.3) is 0 Å². The number of aryl methyl sites for hydroxylation is 1. The fourth-order valence-electron chi connectivity index (χ4n) is 3.68. The van der Waals surface area contributed by atoms with Crippen LogP contribution in [-0.2, 0) is 12.0 Å². The average molecular weight is 260 g/mol. The summed E-state index contributed by atoms with van der Waals surface area (Å²) in [6.07, 6.45) is 5.48. The standard InChI is InChI=1S/C18H28O/c1-5-14-9-11-15(12-10-14)18(19)13-7-6-8-16(18)17(2,3)4/h9-12,16,19H,5-8,13H2,1-4H3. The zero-order valence-corrected chi connectivity index (χ0v) is 12.9. The summed E-state index contributed by atoms with van der Waals surface area (Å²) in [7, 11) is 0. The highest BCUT2D eigenvalue weighted by molar-refractivity contribution is 5.29. The molecule has 0 aromatic heterocycles. The van der Waals surface area contributed by atoms with E-state index in [2.05, 4.69) is 52.0 Å². The molecule has 1 aliphatic carbocycles. The molecule has 1 aromatic carbocycles. The zero-order valence-electron chi connectivity index (χ0n) is 12.9. The van der Waals surface area contributed by atoms with Crippen molar-refractivity contribution in [2.75, 3.05) is 0 Å². The number of hydrogen-bond donors (Lipinski definition) is 1. The first kappa shape index (κ1) is 14.6. The summed E-state index contributed by atoms with van der Waals surface area (Å²) in [6.45, 7) is 8.94. The predicted molar refractivity (Wildman–Crippen MR) is 81.1 cm³/mol. The van der Waals surface area contributed by atoms with Crippen LogP contribution in [0.5, 0.6) is 0 Å². The van der Waals surface area contributed by atoms with E-state index < -0.39 is 5.60 Å². The molecule has 19 heavy (non-hydrogen) atoms. The SMILES string of the molecule is CCc1ccc(C2(O)CCCCC2C(C)(C)C)cc1. The monoisotopic (exact) mass is 260 g/mol. The van der Waals surface area contributed by atoms with Gasteiger partial charge in [0, 0.05) is 0 Å². The molecule has 0 bridgehead atoms. The molecule has 1 fully saturated rings. The highest BCUT2D eigenvalue weighted by Gasteiger charge is 2.45. The van der Waals surface area contributed by atoms with Crippen molar-refractivity contribution in [1.29, 1.82) is 0 Å². The molecule has 106 valence electrons. The van der Waals surface area contributed by atoms with Gasteiger partial charge in [-0.15, -0.1) is 0 Å². The third kappa shape index (κ3) is 2.86. The normalized spacial score (nSPS) is 28.4. The topological polar surface area (TPSA) is 20.2 Å². The fraction of sp³-hybridized carbons (Fsp3) is 0.667. The Labute approximate surface area is 118 Å². The second kappa shape index (κ2) is 5.28. The van der Waals surface area contributed by atoms with Gasteiger partial charge in [-0.2, -0.15) is 0 Å². The molecule has 0 saturated heterocycles. The molecule has 0 amide bonds. The van der Waals surface area contributed by atoms with Crippen LogP contribution in [0.4, 0.5) is 0 Å². The van der Waals surface area contributed by atoms with Crippen LogP contribution >= 0.6 is 0 Å². The fourth-order valence-corrected chi connectivity index (χ4v) is 3.68.